The van der Waals surface area contributed by atoms with Crippen LogP contribution in [0.5, 0.6) is 0 Å². The van der Waals surface area contributed by atoms with Gasteiger partial charge in [0.2, 0.25) is 10.0 Å². The van der Waals surface area contributed by atoms with Gasteiger partial charge in [0.1, 0.15) is 11.5 Å². The van der Waals surface area contributed by atoms with Gasteiger partial charge in [-0.2, -0.15) is 0 Å². The molecule has 0 fully saturated rings. The molecular formula is C14H19N3O3S2. The molecule has 2 aromatic heterocycles. The Morgan fingerprint density at radius 2 is 2.32 bits per heavy atom. The third-order valence-electron chi connectivity index (χ3n) is 3.77. The minimum atomic E-state index is -3.23. The van der Waals surface area contributed by atoms with Crippen LogP contribution in [-0.2, 0) is 36.0 Å². The van der Waals surface area contributed by atoms with E-state index in [1.807, 2.05) is 0 Å². The first-order valence-electron chi connectivity index (χ1n) is 7.18. The highest BCUT2D eigenvalue weighted by Crippen LogP contribution is 2.25. The molecule has 0 radical (unpaired) electrons. The molecule has 0 aliphatic heterocycles. The average molecular weight is 341 g/mol. The molecule has 6 nitrogen and oxygen atoms in total. The molecule has 0 saturated carbocycles. The predicted molar refractivity (Wildman–Crippen MR) is 85.2 cm³/mol. The van der Waals surface area contributed by atoms with Gasteiger partial charge in [-0.05, 0) is 24.3 Å². The van der Waals surface area contributed by atoms with Gasteiger partial charge in [0.05, 0.1) is 12.8 Å². The maximum absolute atomic E-state index is 11.2. The molecular weight excluding hydrogens is 322 g/mol. The van der Waals surface area contributed by atoms with Crippen LogP contribution in [-0.4, -0.2) is 25.9 Å². The molecule has 1 aliphatic rings. The highest BCUT2D eigenvalue weighted by molar-refractivity contribution is 7.88. The Bertz CT molecular complexity index is 723. The third kappa shape index (κ3) is 3.95. The van der Waals surface area contributed by atoms with Gasteiger partial charge in [-0.25, -0.2) is 13.1 Å². The van der Waals surface area contributed by atoms with E-state index < -0.39 is 10.0 Å². The van der Waals surface area contributed by atoms with Gasteiger partial charge in [0, 0.05) is 29.4 Å². The van der Waals surface area contributed by atoms with Crippen molar-refractivity contribution < 1.29 is 12.9 Å². The maximum atomic E-state index is 11.2. The molecule has 0 saturated heterocycles. The van der Waals surface area contributed by atoms with E-state index in [1.54, 1.807) is 11.3 Å². The SMILES string of the molecule is CS(=O)(=O)NCc1noc2c1CC(NCc1cccs1)CC2. The summed E-state index contributed by atoms with van der Waals surface area (Å²) < 4.78 is 30.2. The van der Waals surface area contributed by atoms with Gasteiger partial charge in [0.15, 0.2) is 0 Å². The molecule has 2 heterocycles. The lowest BCUT2D eigenvalue weighted by Gasteiger charge is -2.22. The van der Waals surface area contributed by atoms with Crippen LogP contribution >= 0.6 is 11.3 Å². The third-order valence-corrected chi connectivity index (χ3v) is 5.31. The van der Waals surface area contributed by atoms with E-state index in [2.05, 4.69) is 32.7 Å². The molecule has 0 amide bonds. The summed E-state index contributed by atoms with van der Waals surface area (Å²) >= 11 is 1.74. The molecule has 0 bridgehead atoms. The molecule has 0 spiro atoms. The molecule has 2 N–H and O–H groups in total. The summed E-state index contributed by atoms with van der Waals surface area (Å²) in [5, 5.41) is 9.65. The Labute approximate surface area is 134 Å². The van der Waals surface area contributed by atoms with E-state index in [0.29, 0.717) is 11.7 Å². The van der Waals surface area contributed by atoms with E-state index in [4.69, 9.17) is 4.52 Å². The Hall–Kier alpha value is -1.22. The zero-order valence-electron chi connectivity index (χ0n) is 12.3. The fourth-order valence-electron chi connectivity index (χ4n) is 2.63. The minimum Gasteiger partial charge on any atom is -0.361 e. The number of sulfonamides is 1. The first-order chi connectivity index (χ1) is 10.5. The molecule has 2 aromatic rings. The monoisotopic (exact) mass is 341 g/mol. The largest absolute Gasteiger partial charge is 0.361 e. The number of nitrogens with one attached hydrogen (secondary N) is 2. The lowest BCUT2D eigenvalue weighted by Crippen LogP contribution is -2.34. The van der Waals surface area contributed by atoms with Crippen LogP contribution in [0.4, 0.5) is 0 Å². The first-order valence-corrected chi connectivity index (χ1v) is 9.95. The second-order valence-electron chi connectivity index (χ2n) is 5.52. The highest BCUT2D eigenvalue weighted by atomic mass is 32.2. The van der Waals surface area contributed by atoms with E-state index >= 15 is 0 Å². The van der Waals surface area contributed by atoms with E-state index in [-0.39, 0.29) is 6.54 Å². The standard InChI is InChI=1S/C14H19N3O3S2/c1-22(18,19)16-9-13-12-7-10(4-5-14(12)20-17-13)15-8-11-3-2-6-21-11/h2-3,6,10,15-16H,4-5,7-9H2,1H3. The predicted octanol–water partition coefficient (Wildman–Crippen LogP) is 1.43. The van der Waals surface area contributed by atoms with Crippen molar-refractivity contribution in [3.8, 4) is 0 Å². The average Bonchev–Trinajstić information content (AvgIpc) is 3.11. The molecule has 1 aliphatic carbocycles. The van der Waals surface area contributed by atoms with Crippen LogP contribution in [0.15, 0.2) is 22.0 Å². The van der Waals surface area contributed by atoms with Crippen molar-refractivity contribution in [3.63, 3.8) is 0 Å². The summed E-state index contributed by atoms with van der Waals surface area (Å²) in [7, 11) is -3.23. The van der Waals surface area contributed by atoms with Crippen molar-refractivity contribution in [2.45, 2.75) is 38.4 Å². The van der Waals surface area contributed by atoms with Crippen LogP contribution in [0.25, 0.3) is 0 Å². The molecule has 22 heavy (non-hydrogen) atoms. The normalized spacial score (nSPS) is 18.3. The number of fused-ring (bicyclic) bond motifs is 1. The Kier molecular flexibility index (Phi) is 4.62. The van der Waals surface area contributed by atoms with E-state index in [9.17, 15) is 8.42 Å². The lowest BCUT2D eigenvalue weighted by molar-refractivity contribution is 0.351. The van der Waals surface area contributed by atoms with Crippen molar-refractivity contribution in [3.05, 3.63) is 39.4 Å². The quantitative estimate of drug-likeness (QED) is 0.830. The fourth-order valence-corrected chi connectivity index (χ4v) is 3.69. The fraction of sp³-hybridized carbons (Fsp3) is 0.500. The maximum Gasteiger partial charge on any atom is 0.209 e. The van der Waals surface area contributed by atoms with E-state index in [1.165, 1.54) is 4.88 Å². The number of aryl methyl sites for hydroxylation is 1. The summed E-state index contributed by atoms with van der Waals surface area (Å²) in [6.07, 6.45) is 3.81. The van der Waals surface area contributed by atoms with Gasteiger partial charge >= 0.3 is 0 Å². The van der Waals surface area contributed by atoms with Crippen molar-refractivity contribution in [2.75, 3.05) is 6.26 Å². The van der Waals surface area contributed by atoms with Gasteiger partial charge in [0.25, 0.3) is 0 Å². The summed E-state index contributed by atoms with van der Waals surface area (Å²) in [5.74, 6) is 0.888. The number of thiophene rings is 1. The molecule has 120 valence electrons. The first kappa shape index (κ1) is 15.7. The van der Waals surface area contributed by atoms with Gasteiger partial charge in [-0.3, -0.25) is 0 Å². The van der Waals surface area contributed by atoms with Crippen LogP contribution < -0.4 is 10.0 Å². The zero-order valence-corrected chi connectivity index (χ0v) is 14.0. The van der Waals surface area contributed by atoms with Crippen LogP contribution in [0, 0.1) is 0 Å². The van der Waals surface area contributed by atoms with E-state index in [0.717, 1.165) is 43.4 Å². The van der Waals surface area contributed by atoms with Crippen molar-refractivity contribution in [1.82, 2.24) is 15.2 Å². The van der Waals surface area contributed by atoms with Gasteiger partial charge in [-0.15, -0.1) is 11.3 Å². The number of rotatable bonds is 6. The number of hydrogen-bond donors (Lipinski definition) is 2. The second kappa shape index (κ2) is 6.49. The van der Waals surface area contributed by atoms with Crippen molar-refractivity contribution in [1.29, 1.82) is 0 Å². The smallest absolute Gasteiger partial charge is 0.209 e. The number of aromatic nitrogens is 1. The van der Waals surface area contributed by atoms with Gasteiger partial charge in [-0.1, -0.05) is 11.2 Å². The number of nitrogens with zero attached hydrogens (tertiary/aromatic N) is 1. The van der Waals surface area contributed by atoms with Crippen LogP contribution in [0.2, 0.25) is 0 Å². The summed E-state index contributed by atoms with van der Waals surface area (Å²) in [6, 6.07) is 4.54. The summed E-state index contributed by atoms with van der Waals surface area (Å²) in [4.78, 5) is 1.31. The Morgan fingerprint density at radius 3 is 3.05 bits per heavy atom. The van der Waals surface area contributed by atoms with Crippen molar-refractivity contribution >= 4 is 21.4 Å². The summed E-state index contributed by atoms with van der Waals surface area (Å²) in [6.45, 7) is 1.05. The Balaban J connectivity index is 1.62. The van der Waals surface area contributed by atoms with Crippen LogP contribution in [0.3, 0.4) is 0 Å². The second-order valence-corrected chi connectivity index (χ2v) is 8.39. The molecule has 1 unspecified atom stereocenters. The molecule has 8 heteroatoms. The topological polar surface area (TPSA) is 84.2 Å². The molecule has 3 rings (SSSR count). The minimum absolute atomic E-state index is 0.190. The summed E-state index contributed by atoms with van der Waals surface area (Å²) in [5.41, 5.74) is 1.74. The highest BCUT2D eigenvalue weighted by Gasteiger charge is 2.25. The van der Waals surface area contributed by atoms with Crippen molar-refractivity contribution in [2.24, 2.45) is 0 Å². The van der Waals surface area contributed by atoms with Crippen LogP contribution in [0.1, 0.15) is 28.3 Å². The number of hydrogen-bond acceptors (Lipinski definition) is 6. The lowest BCUT2D eigenvalue weighted by atomic mass is 9.92. The van der Waals surface area contributed by atoms with Gasteiger partial charge < -0.3 is 9.84 Å². The molecule has 0 aromatic carbocycles. The Morgan fingerprint density at radius 1 is 1.45 bits per heavy atom. The zero-order chi connectivity index (χ0) is 15.6. The molecule has 1 atom stereocenters.